The predicted molar refractivity (Wildman–Crippen MR) is 290 cm³/mol. The first-order valence-electron chi connectivity index (χ1n) is 26.1. The SMILES string of the molecule is NC(=O)C1=CN([C@@H]2O[C@H](COP(=O)(O)OP(=O)(O)OC[C@H]3O[C@@H](n4cnc5c(N)ncnc54)[C@H](O)[C@@H]3O)[C@@H](O)[C@H]2O)C=CC1.NC(=O)c1ccc[n+]([C@@H]2O[C@H](COP(=O)([O-])OP(=O)(O)OC[C@H]3O[C@@H](n4cnc5c(N)ncnc54)[C@H](OP(=O)(O)O)[C@@H]3O)[C@@H](O)[C@H]2O)c1. The highest BCUT2D eigenvalue weighted by Crippen LogP contribution is 2.61. The number of aromatic nitrogens is 9. The molecule has 2 amide bonds. The van der Waals surface area contributed by atoms with E-state index in [1.165, 1.54) is 57.3 Å². The molecule has 5 aliphatic heterocycles. The molecular formula is C42H57N14O31P5. The van der Waals surface area contributed by atoms with E-state index in [4.69, 9.17) is 50.9 Å². The molecule has 10 heterocycles. The number of nitrogen functional groups attached to an aromatic ring is 2. The van der Waals surface area contributed by atoms with Crippen molar-refractivity contribution < 1.29 is 152 Å². The van der Waals surface area contributed by atoms with Gasteiger partial charge in [0.25, 0.3) is 20.0 Å². The molecule has 10 rings (SSSR count). The van der Waals surface area contributed by atoms with Gasteiger partial charge in [0.15, 0.2) is 60.1 Å². The second-order valence-electron chi connectivity index (χ2n) is 20.1. The van der Waals surface area contributed by atoms with Gasteiger partial charge in [0.2, 0.25) is 5.91 Å². The number of rotatable bonds is 24. The lowest BCUT2D eigenvalue weighted by atomic mass is 10.1. The third-order valence-corrected chi connectivity index (χ3v) is 19.5. The fourth-order valence-electron chi connectivity index (χ4n) is 9.50. The number of fused-ring (bicyclic) bond motifs is 2. The summed E-state index contributed by atoms with van der Waals surface area (Å²) in [6, 6.07) is 2.77. The molecule has 5 aromatic heterocycles. The number of amides is 2. The van der Waals surface area contributed by atoms with Crippen molar-refractivity contribution in [3.05, 3.63) is 79.4 Å². The summed E-state index contributed by atoms with van der Waals surface area (Å²) >= 11 is 0. The van der Waals surface area contributed by atoms with Gasteiger partial charge in [-0.25, -0.2) is 52.5 Å². The summed E-state index contributed by atoms with van der Waals surface area (Å²) in [6.07, 6.45) is -13.5. The first kappa shape index (κ1) is 70.6. The number of allylic oxidation sites excluding steroid dienone is 1. The van der Waals surface area contributed by atoms with E-state index >= 15 is 0 Å². The van der Waals surface area contributed by atoms with Crippen LogP contribution in [0.5, 0.6) is 0 Å². The number of hydrogen-bond acceptors (Lipinski definition) is 35. The van der Waals surface area contributed by atoms with Crippen LogP contribution in [0.15, 0.2) is 73.9 Å². The van der Waals surface area contributed by atoms with Gasteiger partial charge >= 0.3 is 31.3 Å². The molecule has 92 heavy (non-hydrogen) atoms. The van der Waals surface area contributed by atoms with Gasteiger partial charge in [0.05, 0.1) is 39.1 Å². The molecule has 20 atom stereocenters. The number of nitrogens with two attached hydrogens (primary N) is 4. The molecule has 4 saturated heterocycles. The molecule has 0 aromatic carbocycles. The standard InChI is InChI=1S/C21H28N7O17P3.C21H29N7O14P2/c22-17-12-19(25-7-24-17)28(8-26-12)21-16(44-46(33,34)35)14(30)11(43-21)6-41-48(38,39)45-47(36,37)40-5-10-13(29)15(31)20(42-10)27-3-1-2-9(4-27)18(23)32;22-17-12-19(25-7-24-17)28(8-26-12)21-16(32)14(30)11(41-21)6-39-44(36,37)42-43(34,35)38-5-10-13(29)15(31)20(40-10)27-3-1-2-9(4-27)18(23)33/h1-4,7-8,10-11,13-16,20-21,29-31H,5-6H2,(H7-,22,23,24,25,32,33,34,35,36,37,38,39);1,3-4,7-8,10-11,13-16,20-21,29-32H,2,5-6H2,(H2,23,33)(H,34,35)(H,36,37)(H2,22,24,25)/t2*10-,11-,13-,14-,15-,16-,20-,21-/m11/s1. The van der Waals surface area contributed by atoms with Crippen LogP contribution in [0.3, 0.4) is 0 Å². The molecule has 0 saturated carbocycles. The summed E-state index contributed by atoms with van der Waals surface area (Å²) in [7, 11) is -27.3. The van der Waals surface area contributed by atoms with Crippen LogP contribution >= 0.6 is 39.1 Å². The second-order valence-corrected chi connectivity index (χ2v) is 27.3. The van der Waals surface area contributed by atoms with Crippen molar-refractivity contribution in [2.24, 2.45) is 11.5 Å². The normalized spacial score (nSPS) is 31.8. The van der Waals surface area contributed by atoms with E-state index in [0.717, 1.165) is 23.5 Å². The summed E-state index contributed by atoms with van der Waals surface area (Å²) in [4.78, 5) is 109. The lowest BCUT2D eigenvalue weighted by molar-refractivity contribution is -0.765. The van der Waals surface area contributed by atoms with Gasteiger partial charge in [-0.3, -0.25) is 41.4 Å². The minimum Gasteiger partial charge on any atom is -0.756 e. The molecule has 506 valence electrons. The van der Waals surface area contributed by atoms with Gasteiger partial charge < -0.3 is 116 Å². The Labute approximate surface area is 513 Å². The lowest BCUT2D eigenvalue weighted by Crippen LogP contribution is -2.46. The number of hydrogen-bond donors (Lipinski definition) is 16. The maximum absolute atomic E-state index is 12.5. The van der Waals surface area contributed by atoms with Crippen LogP contribution in [0, 0.1) is 0 Å². The number of phosphoric ester groups is 5. The van der Waals surface area contributed by atoms with E-state index in [1.807, 2.05) is 0 Å². The van der Waals surface area contributed by atoms with Crippen molar-refractivity contribution in [3.8, 4) is 0 Å². The number of carbonyl (C=O) groups excluding carboxylic acids is 2. The predicted octanol–water partition coefficient (Wildman–Crippen LogP) is -6.22. The van der Waals surface area contributed by atoms with Gasteiger partial charge in [-0.2, -0.15) is 8.88 Å². The highest BCUT2D eigenvalue weighted by atomic mass is 31.3. The Morgan fingerprint density at radius 3 is 1.63 bits per heavy atom. The van der Waals surface area contributed by atoms with E-state index in [0.29, 0.717) is 0 Å². The zero-order valence-corrected chi connectivity index (χ0v) is 50.7. The zero-order chi connectivity index (χ0) is 67.2. The number of imidazole rings is 2. The Morgan fingerprint density at radius 1 is 0.609 bits per heavy atom. The molecule has 4 unspecified atom stereocenters. The fourth-order valence-corrected chi connectivity index (χ4v) is 14.2. The molecule has 0 bridgehead atoms. The van der Waals surface area contributed by atoms with Crippen molar-refractivity contribution in [2.45, 2.75) is 105 Å². The molecule has 20 N–H and O–H groups in total. The summed E-state index contributed by atoms with van der Waals surface area (Å²) in [5, 5.41) is 73.1. The van der Waals surface area contributed by atoms with Crippen molar-refractivity contribution in [2.75, 3.05) is 37.9 Å². The van der Waals surface area contributed by atoms with E-state index in [1.54, 1.807) is 6.08 Å². The average Bonchev–Trinajstić information content (AvgIpc) is 1.63. The van der Waals surface area contributed by atoms with E-state index in [2.05, 4.69) is 52.1 Å². The van der Waals surface area contributed by atoms with Crippen molar-refractivity contribution in [3.63, 3.8) is 0 Å². The zero-order valence-electron chi connectivity index (χ0n) is 46.3. The maximum atomic E-state index is 12.5. The van der Waals surface area contributed by atoms with Crippen LogP contribution in [0.2, 0.25) is 0 Å². The Morgan fingerprint density at radius 2 is 1.09 bits per heavy atom. The first-order valence-corrected chi connectivity index (χ1v) is 33.5. The number of ether oxygens (including phenoxy) is 4. The Bertz CT molecular complexity index is 3850. The average molecular weight is 1410 g/mol. The monoisotopic (exact) mass is 1410 g/mol. The lowest BCUT2D eigenvalue weighted by Gasteiger charge is -2.28. The summed E-state index contributed by atoms with van der Waals surface area (Å²) in [5.41, 5.74) is 22.6. The topological polar surface area (TPSA) is 685 Å². The molecule has 4 fully saturated rings. The minimum atomic E-state index is -5.72. The molecule has 5 aromatic rings. The highest BCUT2D eigenvalue weighted by molar-refractivity contribution is 7.61. The van der Waals surface area contributed by atoms with Gasteiger partial charge in [-0.1, -0.05) is 6.08 Å². The smallest absolute Gasteiger partial charge is 0.481 e. The molecule has 5 aliphatic rings. The summed E-state index contributed by atoms with van der Waals surface area (Å²) in [5.74, 6) is -1.52. The van der Waals surface area contributed by atoms with Crippen LogP contribution < -0.4 is 32.4 Å². The van der Waals surface area contributed by atoms with Gasteiger partial charge in [-0.15, -0.1) is 0 Å². The largest absolute Gasteiger partial charge is 0.756 e. The van der Waals surface area contributed by atoms with Crippen LogP contribution in [0.25, 0.3) is 22.3 Å². The summed E-state index contributed by atoms with van der Waals surface area (Å²) < 4.78 is 119. The van der Waals surface area contributed by atoms with Crippen molar-refractivity contribution in [1.82, 2.24) is 43.9 Å². The third-order valence-electron chi connectivity index (χ3n) is 13.8. The van der Waals surface area contributed by atoms with Gasteiger partial charge in [0, 0.05) is 24.0 Å². The Balaban J connectivity index is 0.000000218. The van der Waals surface area contributed by atoms with E-state index in [9.17, 15) is 97.5 Å². The number of pyridine rings is 1. The Kier molecular flexibility index (Phi) is 21.4. The molecule has 0 radical (unpaired) electrons. The van der Waals surface area contributed by atoms with Crippen LogP contribution in [-0.2, 0) is 77.8 Å². The van der Waals surface area contributed by atoms with Crippen molar-refractivity contribution in [1.29, 1.82) is 0 Å². The molecule has 45 nitrogen and oxygen atoms in total. The van der Waals surface area contributed by atoms with Gasteiger partial charge in [0.1, 0.15) is 96.4 Å². The van der Waals surface area contributed by atoms with Crippen LogP contribution in [0.1, 0.15) is 35.5 Å². The molecular weight excluding hydrogens is 1350 g/mol. The maximum Gasteiger partial charge on any atom is 0.481 e. The van der Waals surface area contributed by atoms with E-state index in [-0.39, 0.29) is 51.5 Å². The third kappa shape index (κ3) is 16.3. The number of anilines is 2. The quantitative estimate of drug-likeness (QED) is 0.0202. The van der Waals surface area contributed by atoms with Crippen LogP contribution in [0.4, 0.5) is 11.6 Å². The highest BCUT2D eigenvalue weighted by Gasteiger charge is 2.53. The number of aliphatic hydroxyl groups is 7. The number of nitrogens with zero attached hydrogens (tertiary/aromatic N) is 10. The number of carbonyl (C=O) groups is 2. The fraction of sp³-hybridized carbons (Fsp3) is 0.500. The number of primary amides is 2. The van der Waals surface area contributed by atoms with Crippen LogP contribution in [-0.4, -0.2) is 222 Å². The van der Waals surface area contributed by atoms with E-state index < -0.39 is 176 Å². The minimum absolute atomic E-state index is 0.00541. The number of phosphoric acid groups is 5. The Hall–Kier alpha value is -5.74. The second kappa shape index (κ2) is 27.9. The first-order chi connectivity index (χ1) is 43.0. The van der Waals surface area contributed by atoms with Gasteiger partial charge in [-0.05, 0) is 12.5 Å². The molecule has 50 heteroatoms. The summed E-state index contributed by atoms with van der Waals surface area (Å²) in [6.45, 7) is -3.91. The number of aliphatic hydroxyl groups excluding tert-OH is 7. The molecule has 0 aliphatic carbocycles. The molecule has 0 spiro atoms. The van der Waals surface area contributed by atoms with Crippen molar-refractivity contribution >= 4 is 84.9 Å².